The highest BCUT2D eigenvalue weighted by atomic mass is 15.2. The summed E-state index contributed by atoms with van der Waals surface area (Å²) in [6.45, 7) is 0. The van der Waals surface area contributed by atoms with Crippen LogP contribution < -0.4 is 15.1 Å². The minimum Gasteiger partial charge on any atom is -0.356 e. The minimum atomic E-state index is 1.03. The van der Waals surface area contributed by atoms with Crippen molar-refractivity contribution in [2.75, 3.05) is 15.1 Å². The van der Waals surface area contributed by atoms with Crippen LogP contribution in [-0.4, -0.2) is 0 Å². The maximum absolute atomic E-state index is 3.69. The molecule has 10 aromatic carbocycles. The molecule has 0 spiro atoms. The SMILES string of the molecule is c1ccc(Nc2ccc3c(N(c4ccccc4)c4ccccc4)c4cc(N(c5ccccc5)c5cccc6ccccc56)ccc4c(-c4ccccc4)c3c2)cc1. The molecule has 3 nitrogen and oxygen atoms in total. The van der Waals surface area contributed by atoms with E-state index < -0.39 is 0 Å². The van der Waals surface area contributed by atoms with Gasteiger partial charge in [0.25, 0.3) is 0 Å². The third kappa shape index (κ3) is 6.41. The smallest absolute Gasteiger partial charge is 0.0619 e. The maximum Gasteiger partial charge on any atom is 0.0619 e. The highest BCUT2D eigenvalue weighted by Gasteiger charge is 2.24. The molecule has 3 heteroatoms. The fraction of sp³-hybridized carbons (Fsp3) is 0. The quantitative estimate of drug-likeness (QED) is 0.149. The largest absolute Gasteiger partial charge is 0.356 e. The zero-order valence-corrected chi connectivity index (χ0v) is 31.3. The number of benzene rings is 10. The fourth-order valence-corrected chi connectivity index (χ4v) is 8.22. The molecule has 0 heterocycles. The second-order valence-corrected chi connectivity index (χ2v) is 14.2. The Hall–Kier alpha value is -7.62. The molecule has 0 aliphatic carbocycles. The summed E-state index contributed by atoms with van der Waals surface area (Å²) in [6.07, 6.45) is 0. The molecular weight excluding hydrogens is 691 g/mol. The van der Waals surface area contributed by atoms with E-state index in [0.29, 0.717) is 0 Å². The first-order valence-corrected chi connectivity index (χ1v) is 19.4. The first kappa shape index (κ1) is 33.9. The molecule has 0 atom stereocenters. The molecule has 270 valence electrons. The Balaban J connectivity index is 1.33. The molecular formula is C54H39N3. The Morgan fingerprint density at radius 1 is 0.298 bits per heavy atom. The molecule has 10 aromatic rings. The third-order valence-electron chi connectivity index (χ3n) is 10.7. The van der Waals surface area contributed by atoms with Gasteiger partial charge in [0.1, 0.15) is 0 Å². The molecule has 0 saturated heterocycles. The summed E-state index contributed by atoms with van der Waals surface area (Å²) < 4.78 is 0. The van der Waals surface area contributed by atoms with Crippen molar-refractivity contribution in [3.05, 3.63) is 231 Å². The number of para-hydroxylation sites is 4. The van der Waals surface area contributed by atoms with E-state index in [1.165, 1.54) is 32.7 Å². The summed E-state index contributed by atoms with van der Waals surface area (Å²) in [7, 11) is 0. The molecule has 0 aliphatic heterocycles. The number of hydrogen-bond donors (Lipinski definition) is 1. The summed E-state index contributed by atoms with van der Waals surface area (Å²) in [5.41, 5.74) is 11.0. The van der Waals surface area contributed by atoms with Crippen molar-refractivity contribution >= 4 is 77.8 Å². The summed E-state index contributed by atoms with van der Waals surface area (Å²) in [5, 5.41) is 10.7. The Morgan fingerprint density at radius 3 is 1.51 bits per heavy atom. The van der Waals surface area contributed by atoms with Crippen LogP contribution in [-0.2, 0) is 0 Å². The van der Waals surface area contributed by atoms with Gasteiger partial charge in [-0.05, 0) is 106 Å². The van der Waals surface area contributed by atoms with Gasteiger partial charge in [0, 0.05) is 50.3 Å². The van der Waals surface area contributed by atoms with Gasteiger partial charge < -0.3 is 15.1 Å². The molecule has 0 saturated carbocycles. The number of nitrogens with zero attached hydrogens (tertiary/aromatic N) is 2. The first-order chi connectivity index (χ1) is 28.3. The highest BCUT2D eigenvalue weighted by molar-refractivity contribution is 6.23. The zero-order valence-electron chi connectivity index (χ0n) is 31.3. The maximum atomic E-state index is 3.69. The average Bonchev–Trinajstić information content (AvgIpc) is 3.28. The summed E-state index contributed by atoms with van der Waals surface area (Å²) in [5.74, 6) is 0. The van der Waals surface area contributed by atoms with E-state index in [1.54, 1.807) is 0 Å². The number of fused-ring (bicyclic) bond motifs is 3. The van der Waals surface area contributed by atoms with Gasteiger partial charge in [-0.15, -0.1) is 0 Å². The standard InChI is InChI=1S/C54H39N3/c1-6-20-40(21-7-1)53-48-36-34-46(56(43-25-10-3-11-26-43)52-32-18-22-39-19-16-17-31-47(39)52)38-51(48)54(57(44-27-12-4-13-28-44)45-29-14-5-15-30-45)49-35-33-42(37-50(49)53)55-41-23-8-2-9-24-41/h1-38,55H. The lowest BCUT2D eigenvalue weighted by atomic mass is 9.89. The Bertz CT molecular complexity index is 2920. The number of anilines is 8. The van der Waals surface area contributed by atoms with Crippen LogP contribution in [0.5, 0.6) is 0 Å². The summed E-state index contributed by atoms with van der Waals surface area (Å²) in [4.78, 5) is 4.83. The van der Waals surface area contributed by atoms with Gasteiger partial charge in [-0.1, -0.05) is 152 Å². The number of nitrogens with one attached hydrogen (secondary N) is 1. The molecule has 0 fully saturated rings. The van der Waals surface area contributed by atoms with Crippen molar-refractivity contribution in [3.63, 3.8) is 0 Å². The van der Waals surface area contributed by atoms with Crippen LogP contribution in [0.3, 0.4) is 0 Å². The van der Waals surface area contributed by atoms with Crippen molar-refractivity contribution in [1.82, 2.24) is 0 Å². The van der Waals surface area contributed by atoms with Gasteiger partial charge in [0.05, 0.1) is 11.4 Å². The van der Waals surface area contributed by atoms with Crippen LogP contribution in [0.4, 0.5) is 45.5 Å². The van der Waals surface area contributed by atoms with E-state index in [-0.39, 0.29) is 0 Å². The van der Waals surface area contributed by atoms with Crippen LogP contribution >= 0.6 is 0 Å². The van der Waals surface area contributed by atoms with Gasteiger partial charge in [0.2, 0.25) is 0 Å². The summed E-state index contributed by atoms with van der Waals surface area (Å²) >= 11 is 0. The van der Waals surface area contributed by atoms with Crippen molar-refractivity contribution in [1.29, 1.82) is 0 Å². The van der Waals surface area contributed by atoms with Gasteiger partial charge in [-0.25, -0.2) is 0 Å². The molecule has 0 aliphatic rings. The van der Waals surface area contributed by atoms with Crippen molar-refractivity contribution in [2.24, 2.45) is 0 Å². The van der Waals surface area contributed by atoms with Crippen molar-refractivity contribution in [3.8, 4) is 11.1 Å². The minimum absolute atomic E-state index is 1.03. The predicted octanol–water partition coefficient (Wildman–Crippen LogP) is 15.5. The average molecular weight is 730 g/mol. The van der Waals surface area contributed by atoms with Crippen LogP contribution in [0, 0.1) is 0 Å². The van der Waals surface area contributed by atoms with E-state index >= 15 is 0 Å². The molecule has 0 unspecified atom stereocenters. The van der Waals surface area contributed by atoms with Gasteiger partial charge in [0.15, 0.2) is 0 Å². The predicted molar refractivity (Wildman–Crippen MR) is 243 cm³/mol. The first-order valence-electron chi connectivity index (χ1n) is 19.4. The lowest BCUT2D eigenvalue weighted by molar-refractivity contribution is 1.29. The lowest BCUT2D eigenvalue weighted by Gasteiger charge is -2.31. The topological polar surface area (TPSA) is 18.5 Å². The van der Waals surface area contributed by atoms with Crippen LogP contribution in [0.25, 0.3) is 43.4 Å². The van der Waals surface area contributed by atoms with E-state index in [0.717, 1.165) is 56.3 Å². The fourth-order valence-electron chi connectivity index (χ4n) is 8.22. The molecule has 57 heavy (non-hydrogen) atoms. The second-order valence-electron chi connectivity index (χ2n) is 14.2. The van der Waals surface area contributed by atoms with Crippen molar-refractivity contribution in [2.45, 2.75) is 0 Å². The van der Waals surface area contributed by atoms with E-state index in [2.05, 4.69) is 240 Å². The number of rotatable bonds is 9. The Kier molecular flexibility index (Phi) is 8.86. The van der Waals surface area contributed by atoms with Gasteiger partial charge >= 0.3 is 0 Å². The highest BCUT2D eigenvalue weighted by Crippen LogP contribution is 2.50. The van der Waals surface area contributed by atoms with Crippen LogP contribution in [0.15, 0.2) is 231 Å². The van der Waals surface area contributed by atoms with E-state index in [9.17, 15) is 0 Å². The molecule has 0 aromatic heterocycles. The summed E-state index contributed by atoms with van der Waals surface area (Å²) in [6, 6.07) is 82.6. The molecule has 0 bridgehead atoms. The lowest BCUT2D eigenvalue weighted by Crippen LogP contribution is -2.13. The Morgan fingerprint density at radius 2 is 0.842 bits per heavy atom. The molecule has 0 amide bonds. The van der Waals surface area contributed by atoms with E-state index in [4.69, 9.17) is 0 Å². The Labute approximate surface area is 333 Å². The second kappa shape index (κ2) is 14.9. The molecule has 0 radical (unpaired) electrons. The van der Waals surface area contributed by atoms with E-state index in [1.807, 2.05) is 6.07 Å². The third-order valence-corrected chi connectivity index (χ3v) is 10.7. The van der Waals surface area contributed by atoms with Crippen molar-refractivity contribution < 1.29 is 0 Å². The molecule has 1 N–H and O–H groups in total. The normalized spacial score (nSPS) is 11.2. The van der Waals surface area contributed by atoms with Gasteiger partial charge in [-0.2, -0.15) is 0 Å². The van der Waals surface area contributed by atoms with Crippen LogP contribution in [0.1, 0.15) is 0 Å². The van der Waals surface area contributed by atoms with Gasteiger partial charge in [-0.3, -0.25) is 0 Å². The zero-order chi connectivity index (χ0) is 38.0. The van der Waals surface area contributed by atoms with Crippen LogP contribution in [0.2, 0.25) is 0 Å². The monoisotopic (exact) mass is 729 g/mol. The number of hydrogen-bond acceptors (Lipinski definition) is 3. The molecule has 10 rings (SSSR count).